The summed E-state index contributed by atoms with van der Waals surface area (Å²) in [4.78, 5) is 0. The van der Waals surface area contributed by atoms with Crippen molar-refractivity contribution < 1.29 is 4.57 Å². The molecule has 0 spiro atoms. The first kappa shape index (κ1) is 28.3. The second-order valence-corrected chi connectivity index (χ2v) is 16.3. The molecule has 0 radical (unpaired) electrons. The Morgan fingerprint density at radius 3 is 2.19 bits per heavy atom. The first-order chi connectivity index (χ1) is 18.0. The Morgan fingerprint density at radius 1 is 0.784 bits per heavy atom. The highest BCUT2D eigenvalue weighted by atomic mass is 32.4. The van der Waals surface area contributed by atoms with E-state index in [9.17, 15) is 0 Å². The maximum atomic E-state index is 6.64. The number of fused-ring (bicyclic) bond motifs is 5. The van der Waals surface area contributed by atoms with Gasteiger partial charge in [0.15, 0.2) is 11.7 Å². The Hall–Kier alpha value is -1.76. The minimum atomic E-state index is -1.63. The van der Waals surface area contributed by atoms with E-state index in [1.165, 1.54) is 102 Å². The molecule has 2 heterocycles. The van der Waals surface area contributed by atoms with E-state index in [0.29, 0.717) is 0 Å². The average molecular weight is 533 g/mol. The molecule has 0 fully saturated rings. The van der Waals surface area contributed by atoms with Gasteiger partial charge in [-0.2, -0.15) is 4.57 Å². The molecule has 1 unspecified atom stereocenters. The van der Waals surface area contributed by atoms with Gasteiger partial charge in [0.2, 0.25) is 5.69 Å². The molecule has 37 heavy (non-hydrogen) atoms. The standard InChI is InChI=1S/C34H47NPS/c1-6-10-12-13-14-17-25-36(37,24-11-7-2)29-20-21-30-27(5)34(8-3,9-4)35-23-22-28-18-15-16-19-31(28)33(35)32(30)26-29/h15-16,18-23,26H,5-14,17,24-25H2,1-4H3/q+1. The molecule has 1 aliphatic heterocycles. The zero-order valence-electron chi connectivity index (χ0n) is 23.7. The molecule has 4 rings (SSSR count). The topological polar surface area (TPSA) is 3.88 Å². The average Bonchev–Trinajstić information content (AvgIpc) is 2.94. The molecule has 0 aliphatic carbocycles. The van der Waals surface area contributed by atoms with E-state index in [1.54, 1.807) is 0 Å². The molecule has 0 amide bonds. The van der Waals surface area contributed by atoms with Crippen LogP contribution in [0, 0.1) is 0 Å². The Morgan fingerprint density at radius 2 is 1.46 bits per heavy atom. The third kappa shape index (κ3) is 5.39. The summed E-state index contributed by atoms with van der Waals surface area (Å²) in [5.41, 5.74) is 5.17. The van der Waals surface area contributed by atoms with Gasteiger partial charge in [0.05, 0.1) is 10.9 Å². The minimum Gasteiger partial charge on any atom is -0.188 e. The van der Waals surface area contributed by atoms with Gasteiger partial charge >= 0.3 is 0 Å². The van der Waals surface area contributed by atoms with Crippen molar-refractivity contribution in [3.63, 3.8) is 0 Å². The van der Waals surface area contributed by atoms with Crippen molar-refractivity contribution in [3.05, 3.63) is 66.9 Å². The highest BCUT2D eigenvalue weighted by molar-refractivity contribution is 8.18. The van der Waals surface area contributed by atoms with E-state index in [0.717, 1.165) is 12.8 Å². The lowest BCUT2D eigenvalue weighted by molar-refractivity contribution is -0.740. The predicted octanol–water partition coefficient (Wildman–Crippen LogP) is 9.60. The second kappa shape index (κ2) is 12.4. The van der Waals surface area contributed by atoms with E-state index >= 15 is 0 Å². The molecule has 2 aromatic carbocycles. The summed E-state index contributed by atoms with van der Waals surface area (Å²) in [5.74, 6) is 0. The van der Waals surface area contributed by atoms with Gasteiger partial charge in [0.25, 0.3) is 0 Å². The van der Waals surface area contributed by atoms with Crippen molar-refractivity contribution in [2.24, 2.45) is 0 Å². The monoisotopic (exact) mass is 532 g/mol. The van der Waals surface area contributed by atoms with Crippen molar-refractivity contribution in [1.29, 1.82) is 0 Å². The van der Waals surface area contributed by atoms with Gasteiger partial charge in [0.1, 0.15) is 0 Å². The molecule has 1 aromatic heterocycles. The minimum absolute atomic E-state index is 0.0885. The zero-order chi connectivity index (χ0) is 26.5. The van der Waals surface area contributed by atoms with Gasteiger partial charge in [-0.05, 0) is 59.6 Å². The molecule has 3 aromatic rings. The van der Waals surface area contributed by atoms with Crippen LogP contribution in [0.1, 0.15) is 97.5 Å². The van der Waals surface area contributed by atoms with E-state index in [4.69, 9.17) is 18.4 Å². The number of allylic oxidation sites excluding steroid dienone is 1. The molecule has 1 aliphatic rings. The Balaban J connectivity index is 1.82. The van der Waals surface area contributed by atoms with Crippen molar-refractivity contribution in [3.8, 4) is 11.3 Å². The second-order valence-electron chi connectivity index (χ2n) is 11.0. The summed E-state index contributed by atoms with van der Waals surface area (Å²) in [5, 5.41) is 4.08. The number of hydrogen-bond donors (Lipinski definition) is 0. The van der Waals surface area contributed by atoms with Gasteiger partial charge in [0, 0.05) is 24.5 Å². The zero-order valence-corrected chi connectivity index (χ0v) is 25.4. The van der Waals surface area contributed by atoms with Crippen LogP contribution in [0.2, 0.25) is 0 Å². The lowest BCUT2D eigenvalue weighted by atomic mass is 9.75. The molecule has 198 valence electrons. The van der Waals surface area contributed by atoms with Gasteiger partial charge in [-0.25, -0.2) is 0 Å². The van der Waals surface area contributed by atoms with Gasteiger partial charge < -0.3 is 0 Å². The lowest BCUT2D eigenvalue weighted by Gasteiger charge is -2.36. The van der Waals surface area contributed by atoms with Gasteiger partial charge in [-0.15, -0.1) is 0 Å². The first-order valence-electron chi connectivity index (χ1n) is 14.8. The number of unbranched alkanes of at least 4 members (excludes halogenated alkanes) is 6. The van der Waals surface area contributed by atoms with E-state index < -0.39 is 6.04 Å². The number of aromatic nitrogens is 1. The third-order valence-electron chi connectivity index (χ3n) is 8.85. The highest BCUT2D eigenvalue weighted by Gasteiger charge is 2.47. The molecule has 0 N–H and O–H groups in total. The Bertz CT molecular complexity index is 1290. The maximum absolute atomic E-state index is 6.64. The largest absolute Gasteiger partial charge is 0.221 e. The summed E-state index contributed by atoms with van der Waals surface area (Å²) in [6, 6.07) is 16.8. The molecular formula is C34H47NPS+. The molecule has 1 nitrogen and oxygen atoms in total. The fourth-order valence-electron chi connectivity index (χ4n) is 6.44. The maximum Gasteiger partial charge on any atom is 0.221 e. The number of pyridine rings is 1. The summed E-state index contributed by atoms with van der Waals surface area (Å²) in [6.07, 6.45) is 17.2. The van der Waals surface area contributed by atoms with E-state index in [1.807, 2.05) is 0 Å². The van der Waals surface area contributed by atoms with Crippen LogP contribution in [0.25, 0.3) is 27.6 Å². The van der Waals surface area contributed by atoms with Crippen molar-refractivity contribution in [2.75, 3.05) is 12.3 Å². The molecule has 3 heteroatoms. The van der Waals surface area contributed by atoms with E-state index in [2.05, 4.69) is 87.0 Å². The van der Waals surface area contributed by atoms with Crippen molar-refractivity contribution >= 4 is 39.5 Å². The molecular weight excluding hydrogens is 485 g/mol. The Kier molecular flexibility index (Phi) is 9.47. The van der Waals surface area contributed by atoms with Gasteiger partial charge in [-0.1, -0.05) is 115 Å². The summed E-state index contributed by atoms with van der Waals surface area (Å²) in [7, 11) is 0. The summed E-state index contributed by atoms with van der Waals surface area (Å²) >= 11 is 6.64. The number of nitrogens with zero attached hydrogens (tertiary/aromatic N) is 1. The van der Waals surface area contributed by atoms with Crippen LogP contribution in [0.4, 0.5) is 0 Å². The van der Waals surface area contributed by atoms with Crippen molar-refractivity contribution in [2.45, 2.75) is 97.4 Å². The molecule has 0 saturated heterocycles. The smallest absolute Gasteiger partial charge is 0.188 e. The number of rotatable bonds is 13. The summed E-state index contributed by atoms with van der Waals surface area (Å²) < 4.78 is 2.55. The number of benzene rings is 2. The molecule has 1 atom stereocenters. The fourth-order valence-corrected chi connectivity index (χ4v) is 10.6. The van der Waals surface area contributed by atoms with Crippen LogP contribution in [-0.4, -0.2) is 12.3 Å². The van der Waals surface area contributed by atoms with Crippen LogP contribution < -0.4 is 9.87 Å². The normalized spacial score (nSPS) is 15.8. The van der Waals surface area contributed by atoms with Crippen LogP contribution in [-0.2, 0) is 17.3 Å². The third-order valence-corrected chi connectivity index (χ3v) is 13.9. The first-order valence-corrected chi connectivity index (χ1v) is 18.0. The number of hydrogen-bond acceptors (Lipinski definition) is 1. The van der Waals surface area contributed by atoms with E-state index in [-0.39, 0.29) is 5.54 Å². The van der Waals surface area contributed by atoms with Crippen LogP contribution in [0.15, 0.2) is 61.3 Å². The highest BCUT2D eigenvalue weighted by Crippen LogP contribution is 2.50. The van der Waals surface area contributed by atoms with Crippen molar-refractivity contribution in [1.82, 2.24) is 0 Å². The molecule has 0 saturated carbocycles. The van der Waals surface area contributed by atoms with Crippen LogP contribution in [0.5, 0.6) is 0 Å². The summed E-state index contributed by atoms with van der Waals surface area (Å²) in [6.45, 7) is 13.9. The van der Waals surface area contributed by atoms with Crippen LogP contribution in [0.3, 0.4) is 0 Å². The van der Waals surface area contributed by atoms with Crippen LogP contribution >= 0.6 is 6.04 Å². The quantitative estimate of drug-likeness (QED) is 0.120. The van der Waals surface area contributed by atoms with Gasteiger partial charge in [-0.3, -0.25) is 0 Å². The SMILES string of the molecule is C=C1c2ccc(P(=S)(CCCC)CCCCCCCC)cc2-c2c3ccccc3cc[n+]2C1(CC)CC. The lowest BCUT2D eigenvalue weighted by Crippen LogP contribution is -2.59. The fraction of sp³-hybridized carbons (Fsp3) is 0.500. The predicted molar refractivity (Wildman–Crippen MR) is 169 cm³/mol. The molecule has 0 bridgehead atoms. The Labute approximate surface area is 231 Å².